The van der Waals surface area contributed by atoms with Crippen LogP contribution in [0.25, 0.3) is 114 Å². The zero-order chi connectivity index (χ0) is 32.5. The smallest absolute Gasteiger partial charge is 0.164 e. The molecule has 9 rings (SSSR count). The average Bonchev–Trinajstić information content (AvgIpc) is 3.85. The van der Waals surface area contributed by atoms with Gasteiger partial charge in [0.05, 0.1) is 0 Å². The summed E-state index contributed by atoms with van der Waals surface area (Å²) >= 11 is 0. The molecule has 0 spiro atoms. The summed E-state index contributed by atoms with van der Waals surface area (Å²) in [5, 5.41) is 3.56. The molecule has 0 unspecified atom stereocenters. The average molecular weight is 619 g/mol. The van der Waals surface area contributed by atoms with Crippen molar-refractivity contribution in [2.45, 2.75) is 0 Å². The van der Waals surface area contributed by atoms with Gasteiger partial charge in [0.2, 0.25) is 0 Å². The fourth-order valence-electron chi connectivity index (χ4n) is 6.37. The van der Waals surface area contributed by atoms with Gasteiger partial charge >= 0.3 is 0 Å². The molecule has 0 radical (unpaired) electrons. The summed E-state index contributed by atoms with van der Waals surface area (Å²) in [5.41, 5.74) is 9.78. The van der Waals surface area contributed by atoms with Crippen LogP contribution in [0.1, 0.15) is 22.3 Å². The molecule has 0 amide bonds. The molecule has 3 aromatic heterocycles. The molecule has 5 heterocycles. The molecule has 8 heteroatoms. The standard InChI is InChI=1S/C40H26N8/c1-5-21-9-13-25-29(17-21)37-41-33(25)46-38-31-19-23(7-3)11-15-27(31)35(43-38)48-40-32-20-24(8-4)12-16-28(32)36(44-40)47-39-30-18-22(6-2)10-14-26(30)34(42-39)45-37/h5-20H,1-4H2,(H2,41,42,43,44,45,46,47,48). The molecule has 0 saturated heterocycles. The number of hydrogen-bond donors (Lipinski definition) is 2. The third-order valence-electron chi connectivity index (χ3n) is 8.87. The fourth-order valence-corrected chi connectivity index (χ4v) is 6.37. The SMILES string of the molecule is C=Cc1ccc2c(c1)-c1nc-2nc2[nH]c(nc3nc(nc4[nH]c(n1)c1ccc(C=C)cc41)-c1ccc(C=C)cc1-3)c1ccc(C=C)cc21. The van der Waals surface area contributed by atoms with Gasteiger partial charge in [-0.05, 0) is 70.8 Å². The number of nitrogens with zero attached hydrogens (tertiary/aromatic N) is 6. The van der Waals surface area contributed by atoms with E-state index in [0.717, 1.165) is 66.1 Å². The molecule has 0 aliphatic carbocycles. The van der Waals surface area contributed by atoms with E-state index in [4.69, 9.17) is 29.9 Å². The van der Waals surface area contributed by atoms with E-state index in [2.05, 4.69) is 36.3 Å². The maximum atomic E-state index is 5.11. The number of fused-ring (bicyclic) bond motifs is 20. The van der Waals surface area contributed by atoms with E-state index in [0.29, 0.717) is 45.9 Å². The lowest BCUT2D eigenvalue weighted by Gasteiger charge is -2.00. The van der Waals surface area contributed by atoms with E-state index in [-0.39, 0.29) is 0 Å². The zero-order valence-electron chi connectivity index (χ0n) is 25.7. The first-order chi connectivity index (χ1) is 23.5. The number of aromatic amines is 2. The summed E-state index contributed by atoms with van der Waals surface area (Å²) in [6.45, 7) is 15.9. The second-order valence-electron chi connectivity index (χ2n) is 11.6. The van der Waals surface area contributed by atoms with Gasteiger partial charge in [0.15, 0.2) is 23.3 Å². The van der Waals surface area contributed by atoms with Gasteiger partial charge in [-0.25, -0.2) is 29.9 Å². The van der Waals surface area contributed by atoms with Gasteiger partial charge in [0.1, 0.15) is 22.6 Å². The molecule has 8 nitrogen and oxygen atoms in total. The number of hydrogen-bond acceptors (Lipinski definition) is 6. The monoisotopic (exact) mass is 618 g/mol. The van der Waals surface area contributed by atoms with Crippen LogP contribution in [0.4, 0.5) is 0 Å². The summed E-state index contributed by atoms with van der Waals surface area (Å²) in [5.74, 6) is 2.14. The van der Waals surface area contributed by atoms with Crippen molar-refractivity contribution in [1.29, 1.82) is 0 Å². The first-order valence-electron chi connectivity index (χ1n) is 15.4. The summed E-state index contributed by atoms with van der Waals surface area (Å²) in [6.07, 6.45) is 7.26. The Hall–Kier alpha value is -6.80. The predicted octanol–water partition coefficient (Wildman–Crippen LogP) is 9.44. The van der Waals surface area contributed by atoms with Crippen molar-refractivity contribution in [2.75, 3.05) is 0 Å². The first-order valence-corrected chi connectivity index (χ1v) is 15.4. The highest BCUT2D eigenvalue weighted by atomic mass is 15.1. The molecule has 2 aliphatic rings. The maximum Gasteiger partial charge on any atom is 0.164 e. The molecule has 0 atom stereocenters. The molecule has 0 saturated carbocycles. The largest absolute Gasteiger partial charge is 0.324 e. The van der Waals surface area contributed by atoms with Crippen LogP contribution in [0.15, 0.2) is 99.1 Å². The van der Waals surface area contributed by atoms with E-state index in [1.165, 1.54) is 0 Å². The molecule has 4 aromatic carbocycles. The summed E-state index contributed by atoms with van der Waals surface area (Å²) in [7, 11) is 0. The molecule has 2 aliphatic heterocycles. The van der Waals surface area contributed by atoms with Gasteiger partial charge in [-0.3, -0.25) is 0 Å². The minimum absolute atomic E-state index is 0.533. The van der Waals surface area contributed by atoms with Crippen molar-refractivity contribution in [2.24, 2.45) is 0 Å². The van der Waals surface area contributed by atoms with Crippen molar-refractivity contribution < 1.29 is 0 Å². The van der Waals surface area contributed by atoms with E-state index in [1.54, 1.807) is 0 Å². The highest BCUT2D eigenvalue weighted by Crippen LogP contribution is 2.38. The van der Waals surface area contributed by atoms with E-state index >= 15 is 0 Å². The lowest BCUT2D eigenvalue weighted by Crippen LogP contribution is -1.84. The van der Waals surface area contributed by atoms with Crippen molar-refractivity contribution in [3.8, 4) is 45.6 Å². The molecular formula is C40H26N8. The Morgan fingerprint density at radius 3 is 1.08 bits per heavy atom. The van der Waals surface area contributed by atoms with Gasteiger partial charge in [0, 0.05) is 43.8 Å². The molecule has 226 valence electrons. The molecule has 8 bridgehead atoms. The summed E-state index contributed by atoms with van der Waals surface area (Å²) in [4.78, 5) is 37.4. The predicted molar refractivity (Wildman–Crippen MR) is 196 cm³/mol. The molecular weight excluding hydrogens is 592 g/mol. The lowest BCUT2D eigenvalue weighted by atomic mass is 10.0. The Bertz CT molecular complexity index is 2570. The second kappa shape index (κ2) is 10.4. The molecule has 0 fully saturated rings. The second-order valence-corrected chi connectivity index (χ2v) is 11.6. The Morgan fingerprint density at radius 1 is 0.354 bits per heavy atom. The van der Waals surface area contributed by atoms with Gasteiger partial charge < -0.3 is 9.97 Å². The van der Waals surface area contributed by atoms with E-state index in [9.17, 15) is 0 Å². The van der Waals surface area contributed by atoms with Crippen LogP contribution in [0, 0.1) is 0 Å². The lowest BCUT2D eigenvalue weighted by molar-refractivity contribution is 1.19. The Balaban J connectivity index is 1.50. The van der Waals surface area contributed by atoms with E-state index in [1.807, 2.05) is 97.1 Å². The van der Waals surface area contributed by atoms with Gasteiger partial charge in [0.25, 0.3) is 0 Å². The highest BCUT2D eigenvalue weighted by Gasteiger charge is 2.23. The fraction of sp³-hybridized carbons (Fsp3) is 0. The first kappa shape index (κ1) is 27.5. The Labute approximate surface area is 274 Å². The molecule has 7 aromatic rings. The van der Waals surface area contributed by atoms with Gasteiger partial charge in [-0.2, -0.15) is 0 Å². The Kier molecular flexibility index (Phi) is 5.94. The van der Waals surface area contributed by atoms with E-state index < -0.39 is 0 Å². The van der Waals surface area contributed by atoms with Crippen LogP contribution < -0.4 is 0 Å². The molecule has 48 heavy (non-hydrogen) atoms. The van der Waals surface area contributed by atoms with Crippen LogP contribution in [0.5, 0.6) is 0 Å². The number of H-pyrrole nitrogens is 2. The van der Waals surface area contributed by atoms with Crippen molar-refractivity contribution in [3.05, 3.63) is 121 Å². The number of nitrogens with one attached hydrogen (secondary N) is 2. The van der Waals surface area contributed by atoms with Crippen LogP contribution in [0.3, 0.4) is 0 Å². The number of rotatable bonds is 4. The minimum Gasteiger partial charge on any atom is -0.324 e. The summed E-state index contributed by atoms with van der Waals surface area (Å²) in [6, 6.07) is 24.3. The molecule has 2 N–H and O–H groups in total. The van der Waals surface area contributed by atoms with Crippen molar-refractivity contribution in [3.63, 3.8) is 0 Å². The quantitative estimate of drug-likeness (QED) is 0.203. The minimum atomic E-state index is 0.533. The Morgan fingerprint density at radius 2 is 0.688 bits per heavy atom. The van der Waals surface area contributed by atoms with Crippen molar-refractivity contribution in [1.82, 2.24) is 39.9 Å². The zero-order valence-corrected chi connectivity index (χ0v) is 25.7. The van der Waals surface area contributed by atoms with Crippen LogP contribution in [-0.4, -0.2) is 39.9 Å². The summed E-state index contributed by atoms with van der Waals surface area (Å²) < 4.78 is 0. The van der Waals surface area contributed by atoms with Gasteiger partial charge in [-0.1, -0.05) is 74.9 Å². The third-order valence-corrected chi connectivity index (χ3v) is 8.87. The third kappa shape index (κ3) is 4.16. The van der Waals surface area contributed by atoms with Crippen LogP contribution >= 0.6 is 0 Å². The van der Waals surface area contributed by atoms with Crippen LogP contribution in [0.2, 0.25) is 0 Å². The normalized spacial score (nSPS) is 11.7. The maximum absolute atomic E-state index is 5.11. The van der Waals surface area contributed by atoms with Crippen LogP contribution in [-0.2, 0) is 0 Å². The number of aromatic nitrogens is 8. The topological polar surface area (TPSA) is 109 Å². The van der Waals surface area contributed by atoms with Crippen molar-refractivity contribution >= 4 is 68.4 Å². The highest BCUT2D eigenvalue weighted by molar-refractivity contribution is 6.07. The number of benzene rings is 4. The van der Waals surface area contributed by atoms with Gasteiger partial charge in [-0.15, -0.1) is 0 Å².